The summed E-state index contributed by atoms with van der Waals surface area (Å²) in [6, 6.07) is 0.445. The fraction of sp³-hybridized carbons (Fsp3) is 0.692. The Morgan fingerprint density at radius 1 is 1.40 bits per heavy atom. The van der Waals surface area contributed by atoms with Crippen LogP contribution >= 0.6 is 0 Å². The molecule has 2 fully saturated rings. The van der Waals surface area contributed by atoms with Crippen LogP contribution in [0.5, 0.6) is 0 Å². The highest BCUT2D eigenvalue weighted by Crippen LogP contribution is 2.21. The number of carbonyl (C=O) groups is 1. The lowest BCUT2D eigenvalue weighted by Crippen LogP contribution is -2.45. The van der Waals surface area contributed by atoms with E-state index in [0.717, 1.165) is 45.8 Å². The molecule has 0 radical (unpaired) electrons. The predicted octanol–water partition coefficient (Wildman–Crippen LogP) is -0.451. The van der Waals surface area contributed by atoms with Gasteiger partial charge in [0.25, 0.3) is 5.91 Å². The standard InChI is InChI=1S/C13H21N5O2/c1-16-12(14)11(8-15-16)13(19)18-3-2-10(9-18)17-4-6-20-7-5-17/h8,10H,2-7,9,14H2,1H3. The minimum Gasteiger partial charge on any atom is -0.383 e. The number of aromatic nitrogens is 2. The molecule has 2 N–H and O–H groups in total. The number of carbonyl (C=O) groups excluding carboxylic acids is 1. The molecule has 7 nitrogen and oxygen atoms in total. The second kappa shape index (κ2) is 5.41. The Balaban J connectivity index is 1.64. The van der Waals surface area contributed by atoms with Gasteiger partial charge in [-0.25, -0.2) is 0 Å². The third-order valence-corrected chi connectivity index (χ3v) is 4.23. The molecule has 20 heavy (non-hydrogen) atoms. The second-order valence-corrected chi connectivity index (χ2v) is 5.41. The minimum absolute atomic E-state index is 0.00800. The Kier molecular flexibility index (Phi) is 3.62. The number of hydrogen-bond acceptors (Lipinski definition) is 5. The Morgan fingerprint density at radius 2 is 2.15 bits per heavy atom. The van der Waals surface area contributed by atoms with Crippen molar-refractivity contribution < 1.29 is 9.53 Å². The number of nitrogens with zero attached hydrogens (tertiary/aromatic N) is 4. The first kappa shape index (κ1) is 13.4. The van der Waals surface area contributed by atoms with Gasteiger partial charge in [-0.05, 0) is 6.42 Å². The molecule has 1 aromatic heterocycles. The Morgan fingerprint density at radius 3 is 2.80 bits per heavy atom. The Labute approximate surface area is 118 Å². The molecule has 0 saturated carbocycles. The zero-order chi connectivity index (χ0) is 14.1. The van der Waals surface area contributed by atoms with E-state index in [4.69, 9.17) is 10.5 Å². The fourth-order valence-electron chi connectivity index (χ4n) is 2.95. The number of amides is 1. The van der Waals surface area contributed by atoms with Gasteiger partial charge >= 0.3 is 0 Å². The van der Waals surface area contributed by atoms with Gasteiger partial charge in [-0.15, -0.1) is 0 Å². The third-order valence-electron chi connectivity index (χ3n) is 4.23. The highest BCUT2D eigenvalue weighted by Gasteiger charge is 2.32. The van der Waals surface area contributed by atoms with Crippen molar-refractivity contribution in [3.63, 3.8) is 0 Å². The van der Waals surface area contributed by atoms with Crippen molar-refractivity contribution in [2.24, 2.45) is 7.05 Å². The predicted molar refractivity (Wildman–Crippen MR) is 74.3 cm³/mol. The molecular formula is C13H21N5O2. The average molecular weight is 279 g/mol. The molecule has 3 heterocycles. The first-order valence-corrected chi connectivity index (χ1v) is 7.05. The molecule has 1 unspecified atom stereocenters. The number of aryl methyl sites for hydroxylation is 1. The van der Waals surface area contributed by atoms with Crippen LogP contribution in [-0.4, -0.2) is 70.9 Å². The van der Waals surface area contributed by atoms with Gasteiger partial charge in [-0.3, -0.25) is 14.4 Å². The van der Waals surface area contributed by atoms with Crippen LogP contribution in [0.4, 0.5) is 5.82 Å². The molecule has 1 amide bonds. The summed E-state index contributed by atoms with van der Waals surface area (Å²) in [4.78, 5) is 16.8. The molecule has 0 aromatic carbocycles. The largest absolute Gasteiger partial charge is 0.383 e. The third kappa shape index (κ3) is 2.38. The first-order chi connectivity index (χ1) is 9.66. The summed E-state index contributed by atoms with van der Waals surface area (Å²) in [7, 11) is 1.74. The van der Waals surface area contributed by atoms with Crippen LogP contribution in [0, 0.1) is 0 Å². The zero-order valence-electron chi connectivity index (χ0n) is 11.8. The molecule has 0 aliphatic carbocycles. The normalized spacial score (nSPS) is 24.2. The number of hydrogen-bond donors (Lipinski definition) is 1. The van der Waals surface area contributed by atoms with E-state index in [0.29, 0.717) is 17.4 Å². The average Bonchev–Trinajstić information content (AvgIpc) is 3.08. The highest BCUT2D eigenvalue weighted by molar-refractivity contribution is 5.98. The summed E-state index contributed by atoms with van der Waals surface area (Å²) < 4.78 is 6.90. The van der Waals surface area contributed by atoms with Gasteiger partial charge in [0.2, 0.25) is 0 Å². The van der Waals surface area contributed by atoms with Crippen molar-refractivity contribution in [1.82, 2.24) is 19.6 Å². The summed E-state index contributed by atoms with van der Waals surface area (Å²) in [5, 5.41) is 4.03. The second-order valence-electron chi connectivity index (χ2n) is 5.41. The van der Waals surface area contributed by atoms with Gasteiger partial charge in [0.05, 0.1) is 19.4 Å². The quantitative estimate of drug-likeness (QED) is 0.793. The van der Waals surface area contributed by atoms with Crippen LogP contribution in [0.25, 0.3) is 0 Å². The van der Waals surface area contributed by atoms with E-state index < -0.39 is 0 Å². The molecule has 3 rings (SSSR count). The van der Waals surface area contributed by atoms with E-state index in [1.807, 2.05) is 4.90 Å². The molecule has 0 bridgehead atoms. The number of morpholine rings is 1. The van der Waals surface area contributed by atoms with Crippen molar-refractivity contribution in [3.05, 3.63) is 11.8 Å². The van der Waals surface area contributed by atoms with Gasteiger partial charge in [-0.2, -0.15) is 5.10 Å². The molecule has 2 aliphatic rings. The van der Waals surface area contributed by atoms with Gasteiger partial charge in [-0.1, -0.05) is 0 Å². The van der Waals surface area contributed by atoms with E-state index in [1.54, 1.807) is 13.2 Å². The molecule has 2 aliphatic heterocycles. The van der Waals surface area contributed by atoms with Crippen LogP contribution in [0.15, 0.2) is 6.20 Å². The fourth-order valence-corrected chi connectivity index (χ4v) is 2.95. The zero-order valence-corrected chi connectivity index (χ0v) is 11.8. The summed E-state index contributed by atoms with van der Waals surface area (Å²) in [5.74, 6) is 0.427. The van der Waals surface area contributed by atoms with Crippen LogP contribution in [0.1, 0.15) is 16.8 Å². The van der Waals surface area contributed by atoms with Crippen LogP contribution in [0.2, 0.25) is 0 Å². The lowest BCUT2D eigenvalue weighted by Gasteiger charge is -2.32. The molecule has 0 spiro atoms. The topological polar surface area (TPSA) is 76.6 Å². The highest BCUT2D eigenvalue weighted by atomic mass is 16.5. The van der Waals surface area contributed by atoms with E-state index in [1.165, 1.54) is 4.68 Å². The van der Waals surface area contributed by atoms with Gasteiger partial charge in [0.15, 0.2) is 0 Å². The smallest absolute Gasteiger partial charge is 0.259 e. The Hall–Kier alpha value is -1.60. The van der Waals surface area contributed by atoms with Gasteiger partial charge in [0, 0.05) is 39.3 Å². The maximum Gasteiger partial charge on any atom is 0.259 e. The first-order valence-electron chi connectivity index (χ1n) is 7.05. The number of likely N-dealkylation sites (tertiary alicyclic amines) is 1. The summed E-state index contributed by atoms with van der Waals surface area (Å²) in [5.41, 5.74) is 6.38. The minimum atomic E-state index is -0.00800. The molecular weight excluding hydrogens is 258 g/mol. The van der Waals surface area contributed by atoms with Crippen LogP contribution < -0.4 is 5.73 Å². The lowest BCUT2D eigenvalue weighted by molar-refractivity contribution is 0.0185. The van der Waals surface area contributed by atoms with E-state index in [9.17, 15) is 4.79 Å². The number of rotatable bonds is 2. The lowest BCUT2D eigenvalue weighted by atomic mass is 10.2. The summed E-state index contributed by atoms with van der Waals surface area (Å²) >= 11 is 0. The number of ether oxygens (including phenoxy) is 1. The van der Waals surface area contributed by atoms with Crippen molar-refractivity contribution in [2.45, 2.75) is 12.5 Å². The van der Waals surface area contributed by atoms with Crippen molar-refractivity contribution in [1.29, 1.82) is 0 Å². The molecule has 110 valence electrons. The van der Waals surface area contributed by atoms with Gasteiger partial charge in [0.1, 0.15) is 11.4 Å². The SMILES string of the molecule is Cn1ncc(C(=O)N2CCC(N3CCOCC3)C2)c1N. The maximum absolute atomic E-state index is 12.5. The summed E-state index contributed by atoms with van der Waals surface area (Å²) in [6.45, 7) is 5.06. The molecule has 1 aromatic rings. The maximum atomic E-state index is 12.5. The van der Waals surface area contributed by atoms with Crippen LogP contribution in [-0.2, 0) is 11.8 Å². The number of anilines is 1. The van der Waals surface area contributed by atoms with E-state index in [2.05, 4.69) is 10.00 Å². The number of nitrogen functional groups attached to an aromatic ring is 1. The molecule has 2 saturated heterocycles. The molecule has 7 heteroatoms. The van der Waals surface area contributed by atoms with Crippen molar-refractivity contribution in [3.8, 4) is 0 Å². The Bertz CT molecular complexity index is 495. The van der Waals surface area contributed by atoms with Crippen molar-refractivity contribution in [2.75, 3.05) is 45.1 Å². The number of nitrogens with two attached hydrogens (primary N) is 1. The monoisotopic (exact) mass is 279 g/mol. The van der Waals surface area contributed by atoms with Crippen molar-refractivity contribution >= 4 is 11.7 Å². The van der Waals surface area contributed by atoms with Crippen LogP contribution in [0.3, 0.4) is 0 Å². The van der Waals surface area contributed by atoms with E-state index >= 15 is 0 Å². The molecule has 1 atom stereocenters. The van der Waals surface area contributed by atoms with Gasteiger partial charge < -0.3 is 15.4 Å². The van der Waals surface area contributed by atoms with E-state index in [-0.39, 0.29) is 5.91 Å². The summed E-state index contributed by atoms with van der Waals surface area (Å²) in [6.07, 6.45) is 2.58.